The molecule has 0 fully saturated rings. The molecular weight excluding hydrogens is 939 g/mol. The van der Waals surface area contributed by atoms with Crippen LogP contribution >= 0.6 is 11.3 Å². The Morgan fingerprint density at radius 2 is 0.816 bits per heavy atom. The lowest BCUT2D eigenvalue weighted by atomic mass is 9.68. The third-order valence-electron chi connectivity index (χ3n) is 15.8. The molecule has 0 saturated carbocycles. The highest BCUT2D eigenvalue weighted by Gasteiger charge is 2.47. The minimum Gasteiger partial charge on any atom is -0.455 e. The summed E-state index contributed by atoms with van der Waals surface area (Å²) in [4.78, 5) is 2.46. The SMILES string of the molecule is c1ccc(C2(c3ccccc3)c3ccccc3-c3c(N(c4ccc(-c5cccc(-c6ccc7sc8ccccc8c7c6)c5)cc4)c4ccc(-c5cccc(-c6cccc7c6oc6ccccc67)c5)cc4)cccc32)cc1. The molecule has 356 valence electrons. The fourth-order valence-corrected chi connectivity index (χ4v) is 13.4. The normalized spacial score (nSPS) is 12.6. The zero-order valence-electron chi connectivity index (χ0n) is 41.4. The van der Waals surface area contributed by atoms with Crippen molar-refractivity contribution in [1.29, 1.82) is 0 Å². The first-order valence-corrected chi connectivity index (χ1v) is 26.9. The van der Waals surface area contributed by atoms with Crippen molar-refractivity contribution in [2.75, 3.05) is 4.90 Å². The van der Waals surface area contributed by atoms with Gasteiger partial charge in [-0.2, -0.15) is 0 Å². The van der Waals surface area contributed by atoms with Crippen molar-refractivity contribution in [3.05, 3.63) is 307 Å². The molecule has 0 saturated heterocycles. The van der Waals surface area contributed by atoms with Crippen molar-refractivity contribution in [3.8, 4) is 55.6 Å². The van der Waals surface area contributed by atoms with Crippen LogP contribution in [0.3, 0.4) is 0 Å². The second-order valence-electron chi connectivity index (χ2n) is 19.9. The first-order chi connectivity index (χ1) is 37.7. The van der Waals surface area contributed by atoms with Crippen molar-refractivity contribution in [2.24, 2.45) is 0 Å². The molecule has 15 rings (SSSR count). The van der Waals surface area contributed by atoms with Crippen molar-refractivity contribution in [3.63, 3.8) is 0 Å². The summed E-state index contributed by atoms with van der Waals surface area (Å²) >= 11 is 1.86. The van der Waals surface area contributed by atoms with Crippen molar-refractivity contribution >= 4 is 70.5 Å². The largest absolute Gasteiger partial charge is 0.455 e. The Morgan fingerprint density at radius 1 is 0.316 bits per heavy atom. The van der Waals surface area contributed by atoms with Crippen LogP contribution in [0.4, 0.5) is 17.1 Å². The lowest BCUT2D eigenvalue weighted by Gasteiger charge is -2.34. The van der Waals surface area contributed by atoms with Gasteiger partial charge in [0.25, 0.3) is 0 Å². The predicted molar refractivity (Wildman–Crippen MR) is 320 cm³/mol. The average molecular weight is 986 g/mol. The number of furan rings is 1. The second kappa shape index (κ2) is 17.8. The minimum absolute atomic E-state index is 0.534. The van der Waals surface area contributed by atoms with E-state index in [9.17, 15) is 0 Å². The first kappa shape index (κ1) is 44.0. The van der Waals surface area contributed by atoms with Crippen molar-refractivity contribution in [2.45, 2.75) is 5.41 Å². The topological polar surface area (TPSA) is 16.4 Å². The van der Waals surface area contributed by atoms with Gasteiger partial charge in [0.2, 0.25) is 0 Å². The molecule has 3 heteroatoms. The molecule has 12 aromatic carbocycles. The molecule has 0 amide bonds. The van der Waals surface area contributed by atoms with Crippen LogP contribution in [0.5, 0.6) is 0 Å². The molecule has 1 aliphatic rings. The van der Waals surface area contributed by atoms with Gasteiger partial charge in [-0.05, 0) is 133 Å². The van der Waals surface area contributed by atoms with Gasteiger partial charge < -0.3 is 9.32 Å². The van der Waals surface area contributed by atoms with Gasteiger partial charge in [0.15, 0.2) is 0 Å². The molecule has 0 bridgehead atoms. The molecule has 2 nitrogen and oxygen atoms in total. The predicted octanol–water partition coefficient (Wildman–Crippen LogP) is 20.5. The van der Waals surface area contributed by atoms with Gasteiger partial charge in [0.05, 0.1) is 11.1 Å². The van der Waals surface area contributed by atoms with E-state index in [0.29, 0.717) is 0 Å². The van der Waals surface area contributed by atoms with Crippen LogP contribution in [0.2, 0.25) is 0 Å². The molecule has 0 N–H and O–H groups in total. The van der Waals surface area contributed by atoms with Gasteiger partial charge in [-0.3, -0.25) is 0 Å². The van der Waals surface area contributed by atoms with Crippen LogP contribution in [-0.2, 0) is 5.41 Å². The Balaban J connectivity index is 0.862. The van der Waals surface area contributed by atoms with Crippen LogP contribution < -0.4 is 4.90 Å². The lowest BCUT2D eigenvalue weighted by molar-refractivity contribution is 0.670. The standard InChI is InChI=1S/C73H47NOS/c1-3-21-55(22-4-1)73(56-23-5-2-6-24-56)65-30-10-7-27-63(65)71-66(73)31-16-32-67(71)74(57-40-35-48(36-41-57)50-17-13-19-52(45-50)53-39-44-70-64(47-53)61-26-9-12-34-69(61)76-70)58-42-37-49(38-43-58)51-18-14-20-54(46-51)59-28-15-29-62-60-25-8-11-33-68(60)75-72(59)62/h1-47H. The maximum Gasteiger partial charge on any atom is 0.143 e. The van der Waals surface area contributed by atoms with Crippen LogP contribution in [0, 0.1) is 0 Å². The van der Waals surface area contributed by atoms with E-state index in [0.717, 1.165) is 66.8 Å². The highest BCUT2D eigenvalue weighted by molar-refractivity contribution is 7.25. The Hall–Kier alpha value is -9.54. The summed E-state index contributed by atoms with van der Waals surface area (Å²) in [5, 5.41) is 4.89. The summed E-state index contributed by atoms with van der Waals surface area (Å²) in [7, 11) is 0. The van der Waals surface area contributed by atoms with Gasteiger partial charge in [0.1, 0.15) is 11.2 Å². The van der Waals surface area contributed by atoms with E-state index >= 15 is 0 Å². The van der Waals surface area contributed by atoms with Crippen LogP contribution in [0.25, 0.3) is 97.7 Å². The molecule has 0 aliphatic heterocycles. The van der Waals surface area contributed by atoms with E-state index in [2.05, 4.69) is 278 Å². The number of hydrogen-bond donors (Lipinski definition) is 0. The Morgan fingerprint density at radius 3 is 1.54 bits per heavy atom. The summed E-state index contributed by atoms with van der Waals surface area (Å²) in [6, 6.07) is 105. The minimum atomic E-state index is -0.534. The van der Waals surface area contributed by atoms with Gasteiger partial charge in [0, 0.05) is 53.4 Å². The zero-order chi connectivity index (χ0) is 50.2. The van der Waals surface area contributed by atoms with Crippen LogP contribution in [0.15, 0.2) is 290 Å². The van der Waals surface area contributed by atoms with Gasteiger partial charge in [-0.25, -0.2) is 0 Å². The number of nitrogens with zero attached hydrogens (tertiary/aromatic N) is 1. The lowest BCUT2D eigenvalue weighted by Crippen LogP contribution is -2.28. The molecule has 2 aromatic heterocycles. The van der Waals surface area contributed by atoms with E-state index in [4.69, 9.17) is 4.42 Å². The average Bonchev–Trinajstić information content (AvgIpc) is 4.32. The summed E-state index contributed by atoms with van der Waals surface area (Å²) in [5.41, 5.74) is 21.3. The second-order valence-corrected chi connectivity index (χ2v) is 21.0. The van der Waals surface area contributed by atoms with Crippen molar-refractivity contribution in [1.82, 2.24) is 0 Å². The molecular formula is C73H47NOS. The molecule has 2 heterocycles. The molecule has 0 radical (unpaired) electrons. The van der Waals surface area contributed by atoms with Crippen LogP contribution in [0.1, 0.15) is 22.3 Å². The zero-order valence-corrected chi connectivity index (χ0v) is 42.2. The molecule has 1 aliphatic carbocycles. The number of fused-ring (bicyclic) bond motifs is 9. The maximum atomic E-state index is 6.50. The van der Waals surface area contributed by atoms with E-state index in [1.807, 2.05) is 23.5 Å². The number of anilines is 3. The summed E-state index contributed by atoms with van der Waals surface area (Å²) in [6.07, 6.45) is 0. The number of rotatable bonds is 9. The summed E-state index contributed by atoms with van der Waals surface area (Å²) in [6.45, 7) is 0. The van der Waals surface area contributed by atoms with E-state index < -0.39 is 5.41 Å². The van der Waals surface area contributed by atoms with Gasteiger partial charge >= 0.3 is 0 Å². The van der Waals surface area contributed by atoms with E-state index in [1.54, 1.807) is 0 Å². The molecule has 0 spiro atoms. The third kappa shape index (κ3) is 7.01. The summed E-state index contributed by atoms with van der Waals surface area (Å²) < 4.78 is 9.14. The molecule has 0 atom stereocenters. The quantitative estimate of drug-likeness (QED) is 0.143. The Bertz CT molecular complexity index is 4470. The fraction of sp³-hybridized carbons (Fsp3) is 0.0137. The number of thiophene rings is 1. The van der Waals surface area contributed by atoms with Gasteiger partial charge in [-0.15, -0.1) is 11.3 Å². The van der Waals surface area contributed by atoms with E-state index in [1.165, 1.54) is 70.2 Å². The fourth-order valence-electron chi connectivity index (χ4n) is 12.3. The monoisotopic (exact) mass is 985 g/mol. The van der Waals surface area contributed by atoms with Gasteiger partial charge in [-0.1, -0.05) is 218 Å². The van der Waals surface area contributed by atoms with E-state index in [-0.39, 0.29) is 0 Å². The smallest absolute Gasteiger partial charge is 0.143 e. The molecule has 14 aromatic rings. The van der Waals surface area contributed by atoms with Crippen molar-refractivity contribution < 1.29 is 4.42 Å². The Kier molecular flexibility index (Phi) is 10.3. The molecule has 76 heavy (non-hydrogen) atoms. The summed E-state index contributed by atoms with van der Waals surface area (Å²) in [5.74, 6) is 0. The van der Waals surface area contributed by atoms with Crippen LogP contribution in [-0.4, -0.2) is 0 Å². The maximum absolute atomic E-state index is 6.50. The first-order valence-electron chi connectivity index (χ1n) is 26.1. The Labute approximate surface area is 445 Å². The molecule has 0 unspecified atom stereocenters. The third-order valence-corrected chi connectivity index (χ3v) is 16.9. The number of benzene rings is 12. The highest BCUT2D eigenvalue weighted by atomic mass is 32.1. The highest BCUT2D eigenvalue weighted by Crippen LogP contribution is 2.59. The number of hydrogen-bond acceptors (Lipinski definition) is 3. The number of para-hydroxylation sites is 2.